The molecule has 112 valence electrons. The number of esters is 1. The molecule has 4 nitrogen and oxygen atoms in total. The van der Waals surface area contributed by atoms with Gasteiger partial charge in [0.2, 0.25) is 0 Å². The number of carbonyl (C=O) groups is 2. The summed E-state index contributed by atoms with van der Waals surface area (Å²) < 4.78 is 4.70. The van der Waals surface area contributed by atoms with E-state index in [-0.39, 0.29) is 11.5 Å². The molecule has 0 bridgehead atoms. The van der Waals surface area contributed by atoms with Crippen molar-refractivity contribution in [2.45, 2.75) is 0 Å². The number of hydrogen-bond acceptors (Lipinski definition) is 4. The van der Waals surface area contributed by atoms with Gasteiger partial charge in [0.15, 0.2) is 5.78 Å². The lowest BCUT2D eigenvalue weighted by Gasteiger charge is -2.09. The predicted molar refractivity (Wildman–Crippen MR) is 85.9 cm³/mol. The van der Waals surface area contributed by atoms with Crippen molar-refractivity contribution in [3.8, 4) is 0 Å². The minimum Gasteiger partial charge on any atom is -0.464 e. The maximum absolute atomic E-state index is 12.2. The van der Waals surface area contributed by atoms with Gasteiger partial charge in [0.25, 0.3) is 0 Å². The first-order valence-electron chi connectivity index (χ1n) is 6.52. The van der Waals surface area contributed by atoms with Crippen LogP contribution in [0.25, 0.3) is 0 Å². The Morgan fingerprint density at radius 3 is 2.27 bits per heavy atom. The summed E-state index contributed by atoms with van der Waals surface area (Å²) in [4.78, 5) is 24.0. The number of nitrogens with one attached hydrogen (secondary N) is 1. The number of ketones is 1. The number of carbonyl (C=O) groups excluding carboxylic acids is 2. The molecule has 0 spiro atoms. The third kappa shape index (κ3) is 4.20. The third-order valence-corrected chi connectivity index (χ3v) is 3.11. The van der Waals surface area contributed by atoms with Gasteiger partial charge >= 0.3 is 5.97 Å². The molecule has 0 saturated heterocycles. The van der Waals surface area contributed by atoms with Gasteiger partial charge in [0, 0.05) is 22.3 Å². The Hall–Kier alpha value is -2.59. The zero-order valence-electron chi connectivity index (χ0n) is 11.9. The normalized spacial score (nSPS) is 10.9. The van der Waals surface area contributed by atoms with Crippen LogP contribution in [0.5, 0.6) is 0 Å². The molecule has 0 atom stereocenters. The van der Waals surface area contributed by atoms with Gasteiger partial charge in [-0.2, -0.15) is 0 Å². The summed E-state index contributed by atoms with van der Waals surface area (Å²) in [6.07, 6.45) is 1.21. The van der Waals surface area contributed by atoms with Gasteiger partial charge in [-0.05, 0) is 36.4 Å². The van der Waals surface area contributed by atoms with E-state index in [0.717, 1.165) is 0 Å². The van der Waals surface area contributed by atoms with Crippen LogP contribution in [0.3, 0.4) is 0 Å². The zero-order valence-corrected chi connectivity index (χ0v) is 12.6. The van der Waals surface area contributed by atoms with Crippen LogP contribution in [-0.2, 0) is 9.53 Å². The fourth-order valence-electron chi connectivity index (χ4n) is 1.76. The number of ether oxygens (including phenoxy) is 1. The lowest BCUT2D eigenvalue weighted by Crippen LogP contribution is -2.15. The van der Waals surface area contributed by atoms with Crippen molar-refractivity contribution in [3.63, 3.8) is 0 Å². The van der Waals surface area contributed by atoms with Crippen molar-refractivity contribution < 1.29 is 14.3 Å². The second-order valence-corrected chi connectivity index (χ2v) is 4.85. The van der Waals surface area contributed by atoms with E-state index in [1.54, 1.807) is 36.4 Å². The third-order valence-electron chi connectivity index (χ3n) is 2.86. The quantitative estimate of drug-likeness (QED) is 0.519. The summed E-state index contributed by atoms with van der Waals surface area (Å²) in [5.41, 5.74) is 1.18. The number of allylic oxidation sites excluding steroid dienone is 1. The minimum absolute atomic E-state index is 0.0636. The van der Waals surface area contributed by atoms with Crippen molar-refractivity contribution in [3.05, 3.63) is 77.0 Å². The van der Waals surface area contributed by atoms with E-state index in [9.17, 15) is 9.59 Å². The van der Waals surface area contributed by atoms with Gasteiger partial charge in [-0.1, -0.05) is 29.8 Å². The van der Waals surface area contributed by atoms with E-state index in [1.807, 2.05) is 18.2 Å². The minimum atomic E-state index is -0.619. The summed E-state index contributed by atoms with van der Waals surface area (Å²) in [6, 6.07) is 15.5. The van der Waals surface area contributed by atoms with Crippen molar-refractivity contribution in [1.82, 2.24) is 0 Å². The maximum Gasteiger partial charge on any atom is 0.354 e. The second kappa shape index (κ2) is 7.43. The van der Waals surface area contributed by atoms with Crippen LogP contribution in [0.15, 0.2) is 66.4 Å². The molecule has 22 heavy (non-hydrogen) atoms. The lowest BCUT2D eigenvalue weighted by molar-refractivity contribution is -0.135. The van der Waals surface area contributed by atoms with Crippen molar-refractivity contribution >= 4 is 29.0 Å². The second-order valence-electron chi connectivity index (χ2n) is 4.41. The molecule has 0 aliphatic rings. The first-order chi connectivity index (χ1) is 10.6. The molecule has 2 aromatic rings. The van der Waals surface area contributed by atoms with Crippen LogP contribution in [0.4, 0.5) is 5.69 Å². The summed E-state index contributed by atoms with van der Waals surface area (Å²) >= 11 is 5.79. The predicted octanol–water partition coefficient (Wildman–Crippen LogP) is 3.69. The number of halogens is 1. The van der Waals surface area contributed by atoms with Gasteiger partial charge < -0.3 is 10.1 Å². The largest absolute Gasteiger partial charge is 0.464 e. The number of methoxy groups -OCH3 is 1. The molecule has 0 aliphatic carbocycles. The SMILES string of the molecule is COC(=O)/C(=C\C(=O)c1ccc(Cl)cc1)Nc1ccccc1. The Bertz CT molecular complexity index is 694. The van der Waals surface area contributed by atoms with Gasteiger partial charge in [0.1, 0.15) is 5.70 Å². The fourth-order valence-corrected chi connectivity index (χ4v) is 1.89. The highest BCUT2D eigenvalue weighted by Crippen LogP contribution is 2.13. The average Bonchev–Trinajstić information content (AvgIpc) is 2.55. The average molecular weight is 316 g/mol. The molecule has 0 heterocycles. The number of anilines is 1. The standard InChI is InChI=1S/C17H14ClNO3/c1-22-17(21)15(19-14-5-3-2-4-6-14)11-16(20)12-7-9-13(18)10-8-12/h2-11,19H,1H3/b15-11+. The molecule has 2 aromatic carbocycles. The summed E-state index contributed by atoms with van der Waals surface area (Å²) in [5.74, 6) is -0.938. The lowest BCUT2D eigenvalue weighted by atomic mass is 10.1. The Kier molecular flexibility index (Phi) is 5.33. The highest BCUT2D eigenvalue weighted by molar-refractivity contribution is 6.30. The topological polar surface area (TPSA) is 55.4 Å². The molecule has 0 aromatic heterocycles. The molecular formula is C17H14ClNO3. The molecular weight excluding hydrogens is 302 g/mol. The zero-order chi connectivity index (χ0) is 15.9. The van der Waals surface area contributed by atoms with E-state index in [1.165, 1.54) is 13.2 Å². The van der Waals surface area contributed by atoms with Crippen LogP contribution in [0.2, 0.25) is 5.02 Å². The van der Waals surface area contributed by atoms with E-state index in [4.69, 9.17) is 16.3 Å². The summed E-state index contributed by atoms with van der Waals surface area (Å²) in [6.45, 7) is 0. The summed E-state index contributed by atoms with van der Waals surface area (Å²) in [7, 11) is 1.26. The number of para-hydroxylation sites is 1. The smallest absolute Gasteiger partial charge is 0.354 e. The molecule has 0 amide bonds. The van der Waals surface area contributed by atoms with Crippen LogP contribution < -0.4 is 5.32 Å². The molecule has 1 N–H and O–H groups in total. The Labute approximate surface area is 133 Å². The highest BCUT2D eigenvalue weighted by atomic mass is 35.5. The molecule has 0 saturated carbocycles. The van der Waals surface area contributed by atoms with Gasteiger partial charge in [-0.15, -0.1) is 0 Å². The van der Waals surface area contributed by atoms with Crippen LogP contribution in [0, 0.1) is 0 Å². The number of rotatable bonds is 5. The maximum atomic E-state index is 12.2. The van der Waals surface area contributed by atoms with Gasteiger partial charge in [0.05, 0.1) is 7.11 Å². The van der Waals surface area contributed by atoms with E-state index in [0.29, 0.717) is 16.3 Å². The van der Waals surface area contributed by atoms with E-state index in [2.05, 4.69) is 5.32 Å². The first kappa shape index (κ1) is 15.8. The van der Waals surface area contributed by atoms with Gasteiger partial charge in [-0.3, -0.25) is 4.79 Å². The molecule has 5 heteroatoms. The molecule has 2 rings (SSSR count). The Balaban J connectivity index is 2.26. The van der Waals surface area contributed by atoms with Crippen molar-refractivity contribution in [2.24, 2.45) is 0 Å². The summed E-state index contributed by atoms with van der Waals surface area (Å²) in [5, 5.41) is 3.42. The molecule has 0 fully saturated rings. The fraction of sp³-hybridized carbons (Fsp3) is 0.0588. The molecule has 0 unspecified atom stereocenters. The first-order valence-corrected chi connectivity index (χ1v) is 6.90. The molecule has 0 radical (unpaired) electrons. The highest BCUT2D eigenvalue weighted by Gasteiger charge is 2.13. The Morgan fingerprint density at radius 2 is 1.68 bits per heavy atom. The van der Waals surface area contributed by atoms with Crippen LogP contribution in [-0.4, -0.2) is 18.9 Å². The van der Waals surface area contributed by atoms with Crippen LogP contribution >= 0.6 is 11.6 Å². The van der Waals surface area contributed by atoms with Crippen molar-refractivity contribution in [1.29, 1.82) is 0 Å². The van der Waals surface area contributed by atoms with E-state index >= 15 is 0 Å². The molecule has 0 aliphatic heterocycles. The van der Waals surface area contributed by atoms with Crippen LogP contribution in [0.1, 0.15) is 10.4 Å². The van der Waals surface area contributed by atoms with Crippen molar-refractivity contribution in [2.75, 3.05) is 12.4 Å². The van der Waals surface area contributed by atoms with Gasteiger partial charge in [-0.25, -0.2) is 4.79 Å². The Morgan fingerprint density at radius 1 is 1.05 bits per heavy atom. The number of benzene rings is 2. The van der Waals surface area contributed by atoms with E-state index < -0.39 is 5.97 Å². The monoisotopic (exact) mass is 315 g/mol. The number of hydrogen-bond donors (Lipinski definition) is 1.